The molecule has 2 aromatic carbocycles. The molecule has 4 rings (SSSR count). The van der Waals surface area contributed by atoms with E-state index < -0.39 is 0 Å². The SMILES string of the molecule is Cc1ccc(CN(Cc2ccccc2)C(=O)CN(C(=O)Nc2c(C(C)C)cccc2C(C)C)C2CC2)s1. The minimum Gasteiger partial charge on any atom is -0.332 e. The van der Waals surface area contributed by atoms with Crippen LogP contribution in [-0.2, 0) is 17.9 Å². The highest BCUT2D eigenvalue weighted by Gasteiger charge is 2.35. The van der Waals surface area contributed by atoms with Gasteiger partial charge in [0.2, 0.25) is 5.91 Å². The fraction of sp³-hybridized carbons (Fsp3) is 0.419. The lowest BCUT2D eigenvalue weighted by atomic mass is 9.93. The zero-order chi connectivity index (χ0) is 26.5. The van der Waals surface area contributed by atoms with Gasteiger partial charge in [-0.2, -0.15) is 0 Å². The molecule has 0 spiro atoms. The third kappa shape index (κ3) is 7.01. The van der Waals surface area contributed by atoms with Gasteiger partial charge < -0.3 is 15.1 Å². The number of nitrogens with zero attached hydrogens (tertiary/aromatic N) is 2. The van der Waals surface area contributed by atoms with E-state index >= 15 is 0 Å². The van der Waals surface area contributed by atoms with Crippen LogP contribution in [0.1, 0.15) is 78.8 Å². The number of thiophene rings is 1. The molecule has 196 valence electrons. The van der Waals surface area contributed by atoms with E-state index in [4.69, 9.17) is 0 Å². The van der Waals surface area contributed by atoms with E-state index in [0.29, 0.717) is 13.1 Å². The Morgan fingerprint density at radius 2 is 1.54 bits per heavy atom. The van der Waals surface area contributed by atoms with Crippen molar-refractivity contribution in [2.24, 2.45) is 0 Å². The average molecular weight is 518 g/mol. The molecule has 3 amide bonds. The summed E-state index contributed by atoms with van der Waals surface area (Å²) in [6.45, 7) is 11.8. The van der Waals surface area contributed by atoms with Crippen LogP contribution in [0.2, 0.25) is 0 Å². The number of urea groups is 1. The Morgan fingerprint density at radius 3 is 2.08 bits per heavy atom. The molecule has 0 radical (unpaired) electrons. The van der Waals surface area contributed by atoms with Crippen LogP contribution >= 0.6 is 11.3 Å². The van der Waals surface area contributed by atoms with Gasteiger partial charge in [-0.05, 0) is 60.4 Å². The Labute approximate surface area is 225 Å². The summed E-state index contributed by atoms with van der Waals surface area (Å²) in [5, 5.41) is 3.23. The predicted molar refractivity (Wildman–Crippen MR) is 153 cm³/mol. The van der Waals surface area contributed by atoms with E-state index in [1.165, 1.54) is 4.88 Å². The van der Waals surface area contributed by atoms with Gasteiger partial charge in [0.1, 0.15) is 6.54 Å². The van der Waals surface area contributed by atoms with Gasteiger partial charge in [0.05, 0.1) is 6.54 Å². The molecule has 0 bridgehead atoms. The van der Waals surface area contributed by atoms with Gasteiger partial charge in [0.25, 0.3) is 0 Å². The minimum atomic E-state index is -0.183. The Kier molecular flexibility index (Phi) is 8.70. The summed E-state index contributed by atoms with van der Waals surface area (Å²) in [5.41, 5.74) is 4.23. The number of carbonyl (C=O) groups excluding carboxylic acids is 2. The predicted octanol–water partition coefficient (Wildman–Crippen LogP) is 7.53. The van der Waals surface area contributed by atoms with Crippen molar-refractivity contribution in [2.45, 2.75) is 78.4 Å². The molecule has 0 unspecified atom stereocenters. The molecule has 1 heterocycles. The van der Waals surface area contributed by atoms with E-state index in [-0.39, 0.29) is 36.4 Å². The number of aryl methyl sites for hydroxylation is 1. The Morgan fingerprint density at radius 1 is 0.892 bits per heavy atom. The number of carbonyl (C=O) groups is 2. The lowest BCUT2D eigenvalue weighted by Crippen LogP contribution is -2.45. The van der Waals surface area contributed by atoms with Crippen molar-refractivity contribution < 1.29 is 9.59 Å². The molecule has 1 aliphatic carbocycles. The first-order valence-electron chi connectivity index (χ1n) is 13.3. The first-order valence-corrected chi connectivity index (χ1v) is 14.1. The first kappa shape index (κ1) is 26.9. The second-order valence-electron chi connectivity index (χ2n) is 10.7. The second kappa shape index (κ2) is 12.0. The van der Waals surface area contributed by atoms with E-state index in [1.807, 2.05) is 35.2 Å². The highest BCUT2D eigenvalue weighted by Crippen LogP contribution is 2.34. The van der Waals surface area contributed by atoms with Crippen LogP contribution in [0.5, 0.6) is 0 Å². The number of rotatable bonds is 10. The van der Waals surface area contributed by atoms with Crippen molar-refractivity contribution in [3.63, 3.8) is 0 Å². The molecule has 0 atom stereocenters. The summed E-state index contributed by atoms with van der Waals surface area (Å²) in [7, 11) is 0. The molecule has 0 aliphatic heterocycles. The highest BCUT2D eigenvalue weighted by molar-refractivity contribution is 7.11. The first-order chi connectivity index (χ1) is 17.7. The lowest BCUT2D eigenvalue weighted by Gasteiger charge is -2.29. The van der Waals surface area contributed by atoms with Gasteiger partial charge in [0.15, 0.2) is 0 Å². The molecule has 5 nitrogen and oxygen atoms in total. The quantitative estimate of drug-likeness (QED) is 0.302. The Bertz CT molecular complexity index is 1190. The molecule has 6 heteroatoms. The van der Waals surface area contributed by atoms with Crippen molar-refractivity contribution in [1.82, 2.24) is 9.80 Å². The number of hydrogen-bond acceptors (Lipinski definition) is 3. The second-order valence-corrected chi connectivity index (χ2v) is 12.0. The van der Waals surface area contributed by atoms with Crippen LogP contribution in [0.15, 0.2) is 60.7 Å². The maximum absolute atomic E-state index is 13.7. The van der Waals surface area contributed by atoms with Crippen molar-refractivity contribution in [3.8, 4) is 0 Å². The molecule has 0 saturated heterocycles. The normalized spacial score (nSPS) is 13.2. The van der Waals surface area contributed by atoms with Crippen LogP contribution in [-0.4, -0.2) is 34.3 Å². The highest BCUT2D eigenvalue weighted by atomic mass is 32.1. The summed E-state index contributed by atoms with van der Waals surface area (Å²) < 4.78 is 0. The number of nitrogens with one attached hydrogen (secondary N) is 1. The molecular weight excluding hydrogens is 478 g/mol. The third-order valence-electron chi connectivity index (χ3n) is 6.87. The monoisotopic (exact) mass is 517 g/mol. The minimum absolute atomic E-state index is 0.0295. The summed E-state index contributed by atoms with van der Waals surface area (Å²) in [5.74, 6) is 0.527. The summed E-state index contributed by atoms with van der Waals surface area (Å²) in [4.78, 5) is 33.4. The maximum atomic E-state index is 13.7. The number of benzene rings is 2. The molecular formula is C31H39N3O2S. The van der Waals surface area contributed by atoms with Gasteiger partial charge in [-0.3, -0.25) is 4.79 Å². The van der Waals surface area contributed by atoms with Crippen LogP contribution < -0.4 is 5.32 Å². The number of anilines is 1. The van der Waals surface area contributed by atoms with Gasteiger partial charge in [-0.15, -0.1) is 11.3 Å². The molecule has 1 N–H and O–H groups in total. The standard InChI is InChI=1S/C31H39N3O2S/c1-21(2)27-12-9-13-28(22(3)4)30(27)32-31(36)34(25-15-16-25)20-29(35)33(18-24-10-7-6-8-11-24)19-26-17-14-23(5)37-26/h6-14,17,21-22,25H,15-16,18-20H2,1-5H3,(H,32,36). The van der Waals surface area contributed by atoms with E-state index in [2.05, 4.69) is 70.3 Å². The van der Waals surface area contributed by atoms with Gasteiger partial charge in [-0.25, -0.2) is 4.79 Å². The largest absolute Gasteiger partial charge is 0.332 e. The fourth-order valence-corrected chi connectivity index (χ4v) is 5.57. The molecule has 1 fully saturated rings. The van der Waals surface area contributed by atoms with Crippen LogP contribution in [0, 0.1) is 6.92 Å². The summed E-state index contributed by atoms with van der Waals surface area (Å²) >= 11 is 1.71. The number of hydrogen-bond donors (Lipinski definition) is 1. The van der Waals surface area contributed by atoms with Crippen LogP contribution in [0.3, 0.4) is 0 Å². The lowest BCUT2D eigenvalue weighted by molar-refractivity contribution is -0.133. The Hall–Kier alpha value is -3.12. The van der Waals surface area contributed by atoms with Crippen molar-refractivity contribution in [2.75, 3.05) is 11.9 Å². The van der Waals surface area contributed by atoms with Crippen LogP contribution in [0.4, 0.5) is 10.5 Å². The zero-order valence-corrected chi connectivity index (χ0v) is 23.5. The maximum Gasteiger partial charge on any atom is 0.322 e. The summed E-state index contributed by atoms with van der Waals surface area (Å²) in [6, 6.07) is 20.4. The smallest absolute Gasteiger partial charge is 0.322 e. The number of para-hydroxylation sites is 1. The van der Waals surface area contributed by atoms with E-state index in [0.717, 1.165) is 40.1 Å². The van der Waals surface area contributed by atoms with Crippen molar-refractivity contribution in [3.05, 3.63) is 87.1 Å². The molecule has 1 aliphatic rings. The topological polar surface area (TPSA) is 52.7 Å². The molecule has 1 saturated carbocycles. The van der Waals surface area contributed by atoms with E-state index in [1.54, 1.807) is 16.2 Å². The molecule has 1 aromatic heterocycles. The van der Waals surface area contributed by atoms with Gasteiger partial charge >= 0.3 is 6.03 Å². The van der Waals surface area contributed by atoms with Gasteiger partial charge in [0, 0.05) is 28.0 Å². The summed E-state index contributed by atoms with van der Waals surface area (Å²) in [6.07, 6.45) is 1.87. The van der Waals surface area contributed by atoms with Crippen LogP contribution in [0.25, 0.3) is 0 Å². The molecule has 3 aromatic rings. The number of amides is 3. The van der Waals surface area contributed by atoms with Crippen molar-refractivity contribution >= 4 is 29.0 Å². The van der Waals surface area contributed by atoms with Crippen molar-refractivity contribution in [1.29, 1.82) is 0 Å². The Balaban J connectivity index is 1.55. The average Bonchev–Trinajstić information content (AvgIpc) is 3.63. The fourth-order valence-electron chi connectivity index (χ4n) is 4.67. The van der Waals surface area contributed by atoms with E-state index in [9.17, 15) is 9.59 Å². The zero-order valence-electron chi connectivity index (χ0n) is 22.7. The third-order valence-corrected chi connectivity index (χ3v) is 7.86. The van der Waals surface area contributed by atoms with Gasteiger partial charge in [-0.1, -0.05) is 76.2 Å². The molecule has 37 heavy (non-hydrogen) atoms.